The molecule has 0 aliphatic rings. The first kappa shape index (κ1) is 15.3. The van der Waals surface area contributed by atoms with E-state index in [1.165, 1.54) is 6.33 Å². The summed E-state index contributed by atoms with van der Waals surface area (Å²) in [6.07, 6.45) is 2.96. The zero-order chi connectivity index (χ0) is 15.2. The molecule has 7 nitrogen and oxygen atoms in total. The molecule has 112 valence electrons. The number of urea groups is 1. The van der Waals surface area contributed by atoms with E-state index in [0.717, 1.165) is 0 Å². The molecule has 0 aliphatic carbocycles. The van der Waals surface area contributed by atoms with Crippen molar-refractivity contribution in [2.45, 2.75) is 13.0 Å². The van der Waals surface area contributed by atoms with Gasteiger partial charge < -0.3 is 15.4 Å². The van der Waals surface area contributed by atoms with Crippen molar-refractivity contribution in [2.24, 2.45) is 0 Å². The maximum atomic E-state index is 12.0. The summed E-state index contributed by atoms with van der Waals surface area (Å²) in [4.78, 5) is 15.9. The van der Waals surface area contributed by atoms with Crippen LogP contribution in [0.1, 0.15) is 6.92 Å². The third kappa shape index (κ3) is 4.17. The third-order valence-electron chi connectivity index (χ3n) is 2.67. The summed E-state index contributed by atoms with van der Waals surface area (Å²) in [5.41, 5.74) is 1.21. The molecule has 0 fully saturated rings. The minimum Gasteiger partial charge on any atom is -0.383 e. The number of methoxy groups -OCH3 is 1. The summed E-state index contributed by atoms with van der Waals surface area (Å²) >= 11 is 5.98. The van der Waals surface area contributed by atoms with E-state index in [0.29, 0.717) is 23.0 Å². The van der Waals surface area contributed by atoms with Crippen LogP contribution in [0.15, 0.2) is 30.9 Å². The van der Waals surface area contributed by atoms with Gasteiger partial charge in [-0.3, -0.25) is 0 Å². The molecule has 0 bridgehead atoms. The molecular weight excluding hydrogens is 294 g/mol. The molecule has 0 spiro atoms. The Morgan fingerprint density at radius 3 is 3.00 bits per heavy atom. The quantitative estimate of drug-likeness (QED) is 0.886. The summed E-state index contributed by atoms with van der Waals surface area (Å²) in [7, 11) is 1.58. The molecule has 2 rings (SSSR count). The van der Waals surface area contributed by atoms with Crippen LogP contribution in [-0.2, 0) is 4.74 Å². The largest absolute Gasteiger partial charge is 0.383 e. The average molecular weight is 310 g/mol. The topological polar surface area (TPSA) is 81.1 Å². The van der Waals surface area contributed by atoms with Gasteiger partial charge in [-0.1, -0.05) is 11.6 Å². The molecule has 8 heteroatoms. The maximum absolute atomic E-state index is 12.0. The molecular formula is C13H16ClN5O2. The lowest BCUT2D eigenvalue weighted by Crippen LogP contribution is -2.38. The Hall–Kier alpha value is -2.12. The smallest absolute Gasteiger partial charge is 0.319 e. The number of halogens is 1. The minimum absolute atomic E-state index is 0.107. The minimum atomic E-state index is -0.344. The maximum Gasteiger partial charge on any atom is 0.319 e. The van der Waals surface area contributed by atoms with Crippen molar-refractivity contribution in [3.8, 4) is 5.69 Å². The van der Waals surface area contributed by atoms with Gasteiger partial charge in [-0.2, -0.15) is 5.10 Å². The predicted octanol–water partition coefficient (Wildman–Crippen LogP) is 2.08. The highest BCUT2D eigenvalue weighted by atomic mass is 35.5. The van der Waals surface area contributed by atoms with Crippen molar-refractivity contribution in [2.75, 3.05) is 19.0 Å². The van der Waals surface area contributed by atoms with Crippen molar-refractivity contribution < 1.29 is 9.53 Å². The Morgan fingerprint density at radius 2 is 2.33 bits per heavy atom. The number of anilines is 1. The number of amides is 2. The lowest BCUT2D eigenvalue weighted by Gasteiger charge is -2.15. The number of benzene rings is 1. The van der Waals surface area contributed by atoms with Crippen LogP contribution in [0.5, 0.6) is 0 Å². The van der Waals surface area contributed by atoms with Crippen LogP contribution in [0.25, 0.3) is 5.69 Å². The van der Waals surface area contributed by atoms with E-state index in [4.69, 9.17) is 16.3 Å². The van der Waals surface area contributed by atoms with Gasteiger partial charge in [0.05, 0.1) is 24.0 Å². The number of carbonyl (C=O) groups excluding carboxylic acids is 1. The second-order valence-electron chi connectivity index (χ2n) is 4.46. The van der Waals surface area contributed by atoms with E-state index >= 15 is 0 Å². The fourth-order valence-electron chi connectivity index (χ4n) is 1.81. The van der Waals surface area contributed by atoms with Gasteiger partial charge in [-0.05, 0) is 25.1 Å². The molecule has 0 unspecified atom stereocenters. The number of hydrogen-bond donors (Lipinski definition) is 2. The summed E-state index contributed by atoms with van der Waals surface area (Å²) < 4.78 is 6.52. The van der Waals surface area contributed by atoms with Crippen LogP contribution >= 0.6 is 11.6 Å². The molecule has 0 radical (unpaired) electrons. The molecule has 1 atom stereocenters. The van der Waals surface area contributed by atoms with Gasteiger partial charge in [0.1, 0.15) is 12.7 Å². The third-order valence-corrected chi connectivity index (χ3v) is 2.90. The Morgan fingerprint density at radius 1 is 1.52 bits per heavy atom. The zero-order valence-corrected chi connectivity index (χ0v) is 12.5. The zero-order valence-electron chi connectivity index (χ0n) is 11.7. The normalized spacial score (nSPS) is 12.0. The Labute approximate surface area is 127 Å². The van der Waals surface area contributed by atoms with Gasteiger partial charge in [0.2, 0.25) is 0 Å². The SMILES string of the molecule is COC[C@@H](C)NC(=O)Nc1cc(Cl)ccc1-n1cncn1. The first-order valence-electron chi connectivity index (χ1n) is 6.31. The Kier molecular flexibility index (Phi) is 5.13. The number of aromatic nitrogens is 3. The molecule has 0 aliphatic heterocycles. The summed E-state index contributed by atoms with van der Waals surface area (Å²) in [5.74, 6) is 0. The Bertz CT molecular complexity index is 603. The van der Waals surface area contributed by atoms with Crippen molar-refractivity contribution in [1.29, 1.82) is 0 Å². The van der Waals surface area contributed by atoms with E-state index < -0.39 is 0 Å². The van der Waals surface area contributed by atoms with E-state index in [1.807, 2.05) is 6.92 Å². The van der Waals surface area contributed by atoms with Crippen LogP contribution in [0, 0.1) is 0 Å². The molecule has 1 aromatic heterocycles. The molecule has 2 N–H and O–H groups in total. The second-order valence-corrected chi connectivity index (χ2v) is 4.89. The van der Waals surface area contributed by atoms with Crippen molar-refractivity contribution in [3.63, 3.8) is 0 Å². The summed E-state index contributed by atoms with van der Waals surface area (Å²) in [6.45, 7) is 2.28. The number of nitrogens with zero attached hydrogens (tertiary/aromatic N) is 3. The van der Waals surface area contributed by atoms with E-state index in [-0.39, 0.29) is 12.1 Å². The van der Waals surface area contributed by atoms with Crippen LogP contribution in [-0.4, -0.2) is 40.6 Å². The molecule has 2 amide bonds. The molecule has 0 saturated heterocycles. The van der Waals surface area contributed by atoms with Crippen molar-refractivity contribution >= 4 is 23.3 Å². The lowest BCUT2D eigenvalue weighted by molar-refractivity contribution is 0.173. The van der Waals surface area contributed by atoms with E-state index in [1.54, 1.807) is 36.3 Å². The van der Waals surface area contributed by atoms with Gasteiger partial charge in [-0.25, -0.2) is 14.5 Å². The predicted molar refractivity (Wildman–Crippen MR) is 79.9 cm³/mol. The van der Waals surface area contributed by atoms with Crippen LogP contribution in [0.3, 0.4) is 0 Å². The van der Waals surface area contributed by atoms with Gasteiger partial charge in [-0.15, -0.1) is 0 Å². The average Bonchev–Trinajstić information content (AvgIpc) is 2.92. The van der Waals surface area contributed by atoms with Gasteiger partial charge in [0, 0.05) is 12.1 Å². The van der Waals surface area contributed by atoms with Crippen molar-refractivity contribution in [3.05, 3.63) is 35.9 Å². The van der Waals surface area contributed by atoms with Crippen LogP contribution in [0.4, 0.5) is 10.5 Å². The first-order chi connectivity index (χ1) is 10.1. The molecule has 0 saturated carbocycles. The van der Waals surface area contributed by atoms with E-state index in [9.17, 15) is 4.79 Å². The first-order valence-corrected chi connectivity index (χ1v) is 6.69. The number of ether oxygens (including phenoxy) is 1. The highest BCUT2D eigenvalue weighted by Crippen LogP contribution is 2.23. The van der Waals surface area contributed by atoms with Gasteiger partial charge in [0.15, 0.2) is 0 Å². The van der Waals surface area contributed by atoms with Crippen LogP contribution in [0.2, 0.25) is 5.02 Å². The standard InChI is InChI=1S/C13H16ClN5O2/c1-9(6-21-2)17-13(20)18-11-5-10(14)3-4-12(11)19-8-15-7-16-19/h3-5,7-9H,6H2,1-2H3,(H2,17,18,20)/t9-/m1/s1. The monoisotopic (exact) mass is 309 g/mol. The summed E-state index contributed by atoms with van der Waals surface area (Å²) in [5, 5.41) is 10.1. The number of hydrogen-bond acceptors (Lipinski definition) is 4. The molecule has 2 aromatic rings. The lowest BCUT2D eigenvalue weighted by atomic mass is 10.2. The fourth-order valence-corrected chi connectivity index (χ4v) is 1.99. The number of carbonyl (C=O) groups is 1. The highest BCUT2D eigenvalue weighted by Gasteiger charge is 2.11. The Balaban J connectivity index is 2.15. The summed E-state index contributed by atoms with van der Waals surface area (Å²) in [6, 6.07) is 4.67. The number of rotatable bonds is 5. The van der Waals surface area contributed by atoms with E-state index in [2.05, 4.69) is 20.7 Å². The molecule has 1 heterocycles. The van der Waals surface area contributed by atoms with Crippen molar-refractivity contribution in [1.82, 2.24) is 20.1 Å². The number of nitrogens with one attached hydrogen (secondary N) is 2. The second kappa shape index (κ2) is 7.05. The molecule has 1 aromatic carbocycles. The van der Waals surface area contributed by atoms with Crippen LogP contribution < -0.4 is 10.6 Å². The fraction of sp³-hybridized carbons (Fsp3) is 0.308. The van der Waals surface area contributed by atoms with Gasteiger partial charge in [0.25, 0.3) is 0 Å². The highest BCUT2D eigenvalue weighted by molar-refractivity contribution is 6.31. The van der Waals surface area contributed by atoms with Gasteiger partial charge >= 0.3 is 6.03 Å². The molecule has 21 heavy (non-hydrogen) atoms.